The van der Waals surface area contributed by atoms with E-state index in [2.05, 4.69) is 0 Å². The van der Waals surface area contributed by atoms with Gasteiger partial charge in [0.05, 0.1) is 12.2 Å². The van der Waals surface area contributed by atoms with Crippen LogP contribution >= 0.6 is 0 Å². The Balaban J connectivity index is 0. The van der Waals surface area contributed by atoms with Crippen LogP contribution in [0.4, 0.5) is 0 Å². The van der Waals surface area contributed by atoms with Gasteiger partial charge in [0.1, 0.15) is 5.75 Å². The molecule has 1 N–H and O–H groups in total. The SMILES string of the molecule is CC.CC.CCOc1ccccc1C(=O)C(=O)O. The summed E-state index contributed by atoms with van der Waals surface area (Å²) in [6.07, 6.45) is 0. The Morgan fingerprint density at radius 3 is 2.06 bits per heavy atom. The van der Waals surface area contributed by atoms with E-state index in [1.807, 2.05) is 27.7 Å². The van der Waals surface area contributed by atoms with Crippen LogP contribution in [0.25, 0.3) is 0 Å². The monoisotopic (exact) mass is 254 g/mol. The first-order valence-electron chi connectivity index (χ1n) is 6.16. The highest BCUT2D eigenvalue weighted by Crippen LogP contribution is 2.18. The van der Waals surface area contributed by atoms with E-state index in [4.69, 9.17) is 9.84 Å². The maximum Gasteiger partial charge on any atom is 0.377 e. The largest absolute Gasteiger partial charge is 0.493 e. The number of carboxylic acids is 1. The van der Waals surface area contributed by atoms with Gasteiger partial charge in [-0.05, 0) is 19.1 Å². The second-order valence-corrected chi connectivity index (χ2v) is 2.56. The van der Waals surface area contributed by atoms with Crippen LogP contribution in [-0.4, -0.2) is 23.5 Å². The predicted octanol–water partition coefficient (Wildman–Crippen LogP) is 3.41. The molecule has 0 atom stereocenters. The van der Waals surface area contributed by atoms with Crippen molar-refractivity contribution in [3.63, 3.8) is 0 Å². The number of hydrogen-bond donors (Lipinski definition) is 1. The van der Waals surface area contributed by atoms with Gasteiger partial charge in [0.25, 0.3) is 5.78 Å². The fraction of sp³-hybridized carbons (Fsp3) is 0.429. The van der Waals surface area contributed by atoms with Crippen molar-refractivity contribution in [3.05, 3.63) is 29.8 Å². The maximum absolute atomic E-state index is 11.2. The first-order valence-corrected chi connectivity index (χ1v) is 6.16. The number of ether oxygens (including phenoxy) is 1. The quantitative estimate of drug-likeness (QED) is 0.660. The third-order valence-corrected chi connectivity index (χ3v) is 1.63. The van der Waals surface area contributed by atoms with Gasteiger partial charge < -0.3 is 9.84 Å². The standard InChI is InChI=1S/C10H10O4.2C2H6/c1-2-14-8-6-4-3-5-7(8)9(11)10(12)13;2*1-2/h3-6H,2H2,1H3,(H,12,13);2*1-2H3. The topological polar surface area (TPSA) is 63.6 Å². The molecule has 1 rings (SSSR count). The van der Waals surface area contributed by atoms with Crippen molar-refractivity contribution < 1.29 is 19.4 Å². The number of ketones is 1. The van der Waals surface area contributed by atoms with Gasteiger partial charge in [0, 0.05) is 0 Å². The smallest absolute Gasteiger partial charge is 0.377 e. The van der Waals surface area contributed by atoms with Crippen molar-refractivity contribution in [2.45, 2.75) is 34.6 Å². The normalized spacial score (nSPS) is 8.06. The predicted molar refractivity (Wildman–Crippen MR) is 72.3 cm³/mol. The van der Waals surface area contributed by atoms with Crippen LogP contribution in [0.2, 0.25) is 0 Å². The summed E-state index contributed by atoms with van der Waals surface area (Å²) in [7, 11) is 0. The zero-order valence-electron chi connectivity index (χ0n) is 11.7. The average Bonchev–Trinajstić information content (AvgIpc) is 2.43. The van der Waals surface area contributed by atoms with Crippen LogP contribution in [-0.2, 0) is 4.79 Å². The summed E-state index contributed by atoms with van der Waals surface area (Å²) in [4.78, 5) is 21.6. The lowest BCUT2D eigenvalue weighted by molar-refractivity contribution is -0.131. The van der Waals surface area contributed by atoms with Gasteiger partial charge in [-0.1, -0.05) is 39.8 Å². The summed E-state index contributed by atoms with van der Waals surface area (Å²) in [6.45, 7) is 10.2. The molecule has 0 aromatic heterocycles. The lowest BCUT2D eigenvalue weighted by Gasteiger charge is -2.06. The molecule has 0 amide bonds. The van der Waals surface area contributed by atoms with E-state index in [1.54, 1.807) is 25.1 Å². The molecule has 1 aromatic carbocycles. The van der Waals surface area contributed by atoms with E-state index in [-0.39, 0.29) is 5.56 Å². The van der Waals surface area contributed by atoms with Crippen LogP contribution in [0.5, 0.6) is 5.75 Å². The highest BCUT2D eigenvalue weighted by atomic mass is 16.5. The van der Waals surface area contributed by atoms with E-state index in [0.717, 1.165) is 0 Å². The van der Waals surface area contributed by atoms with Gasteiger partial charge in [-0.25, -0.2) is 4.79 Å². The van der Waals surface area contributed by atoms with Crippen LogP contribution in [0.3, 0.4) is 0 Å². The summed E-state index contributed by atoms with van der Waals surface area (Å²) < 4.78 is 5.12. The van der Waals surface area contributed by atoms with Gasteiger partial charge in [0.2, 0.25) is 0 Å². The highest BCUT2D eigenvalue weighted by molar-refractivity contribution is 6.40. The number of carboxylic acid groups (broad SMARTS) is 1. The molecule has 0 spiro atoms. The molecule has 18 heavy (non-hydrogen) atoms. The molecule has 0 aliphatic carbocycles. The molecule has 4 nitrogen and oxygen atoms in total. The fourth-order valence-electron chi connectivity index (χ4n) is 1.05. The lowest BCUT2D eigenvalue weighted by atomic mass is 10.1. The van der Waals surface area contributed by atoms with Crippen molar-refractivity contribution in [3.8, 4) is 5.75 Å². The Kier molecular flexibility index (Phi) is 12.0. The first-order chi connectivity index (χ1) is 8.66. The van der Waals surface area contributed by atoms with E-state index >= 15 is 0 Å². The van der Waals surface area contributed by atoms with Crippen molar-refractivity contribution in [2.24, 2.45) is 0 Å². The molecular formula is C14H22O4. The Bertz CT molecular complexity index is 359. The van der Waals surface area contributed by atoms with E-state index < -0.39 is 11.8 Å². The molecule has 0 saturated carbocycles. The first kappa shape index (κ1) is 18.5. The highest BCUT2D eigenvalue weighted by Gasteiger charge is 2.18. The summed E-state index contributed by atoms with van der Waals surface area (Å²) in [5, 5.41) is 8.52. The summed E-state index contributed by atoms with van der Waals surface area (Å²) in [5.41, 5.74) is 0.0850. The third kappa shape index (κ3) is 6.03. The number of hydrogen-bond acceptors (Lipinski definition) is 3. The molecule has 0 aliphatic heterocycles. The van der Waals surface area contributed by atoms with Crippen molar-refractivity contribution in [1.29, 1.82) is 0 Å². The van der Waals surface area contributed by atoms with Crippen molar-refractivity contribution in [1.82, 2.24) is 0 Å². The molecule has 0 saturated heterocycles. The maximum atomic E-state index is 11.2. The van der Waals surface area contributed by atoms with Crippen LogP contribution in [0.15, 0.2) is 24.3 Å². The zero-order chi connectivity index (χ0) is 14.6. The number of carbonyl (C=O) groups excluding carboxylic acids is 1. The third-order valence-electron chi connectivity index (χ3n) is 1.63. The molecule has 0 fully saturated rings. The van der Waals surface area contributed by atoms with Gasteiger partial charge in [-0.2, -0.15) is 0 Å². The van der Waals surface area contributed by atoms with Gasteiger partial charge >= 0.3 is 5.97 Å². The Morgan fingerprint density at radius 1 is 1.11 bits per heavy atom. The van der Waals surface area contributed by atoms with Gasteiger partial charge in [-0.3, -0.25) is 4.79 Å². The summed E-state index contributed by atoms with van der Waals surface area (Å²) in [6, 6.07) is 6.28. The molecule has 0 aliphatic rings. The Morgan fingerprint density at radius 2 is 1.61 bits per heavy atom. The lowest BCUT2D eigenvalue weighted by Crippen LogP contribution is -2.14. The molecule has 4 heteroatoms. The number of Topliss-reactive ketones (excluding diaryl/α,β-unsaturated/α-hetero) is 1. The minimum atomic E-state index is -1.47. The number of carbonyl (C=O) groups is 2. The van der Waals surface area contributed by atoms with Crippen LogP contribution in [0.1, 0.15) is 45.0 Å². The molecule has 1 aromatic rings. The average molecular weight is 254 g/mol. The summed E-state index contributed by atoms with van der Waals surface area (Å²) >= 11 is 0. The van der Waals surface area contributed by atoms with Crippen molar-refractivity contribution >= 4 is 11.8 Å². The van der Waals surface area contributed by atoms with Crippen LogP contribution in [0, 0.1) is 0 Å². The van der Waals surface area contributed by atoms with E-state index in [0.29, 0.717) is 12.4 Å². The summed E-state index contributed by atoms with van der Waals surface area (Å²) in [5.74, 6) is -2.12. The molecule has 0 heterocycles. The van der Waals surface area contributed by atoms with Gasteiger partial charge in [-0.15, -0.1) is 0 Å². The minimum Gasteiger partial charge on any atom is -0.493 e. The van der Waals surface area contributed by atoms with Crippen LogP contribution < -0.4 is 4.74 Å². The number of aliphatic carboxylic acids is 1. The minimum absolute atomic E-state index is 0.0850. The van der Waals surface area contributed by atoms with Crippen molar-refractivity contribution in [2.75, 3.05) is 6.61 Å². The molecule has 0 bridgehead atoms. The fourth-order valence-corrected chi connectivity index (χ4v) is 1.05. The Hall–Kier alpha value is -1.84. The molecular weight excluding hydrogens is 232 g/mol. The molecule has 0 radical (unpaired) electrons. The number of benzene rings is 1. The van der Waals surface area contributed by atoms with E-state index in [9.17, 15) is 9.59 Å². The van der Waals surface area contributed by atoms with Gasteiger partial charge in [0.15, 0.2) is 0 Å². The second-order valence-electron chi connectivity index (χ2n) is 2.56. The van der Waals surface area contributed by atoms with E-state index in [1.165, 1.54) is 6.07 Å². The molecule has 102 valence electrons. The second kappa shape index (κ2) is 11.6. The zero-order valence-corrected chi connectivity index (χ0v) is 11.7. The Labute approximate surface area is 109 Å². The number of para-hydroxylation sites is 1. The molecule has 0 unspecified atom stereocenters. The number of rotatable bonds is 4.